The topological polar surface area (TPSA) is 78.1 Å². The molecular weight excluding hydrogens is 318 g/mol. The van der Waals surface area contributed by atoms with Crippen LogP contribution in [-0.2, 0) is 6.42 Å². The minimum atomic E-state index is -0.219. The maximum absolute atomic E-state index is 12.2. The summed E-state index contributed by atoms with van der Waals surface area (Å²) in [6, 6.07) is 7.50. The number of ketones is 1. The average Bonchev–Trinajstić information content (AvgIpc) is 2.88. The number of nitrogens with zero attached hydrogens (tertiary/aromatic N) is 1. The van der Waals surface area contributed by atoms with Gasteiger partial charge in [0.05, 0.1) is 16.4 Å². The molecule has 0 fully saturated rings. The lowest BCUT2D eigenvalue weighted by Gasteiger charge is -2.02. The molecule has 22 heavy (non-hydrogen) atoms. The Kier molecular flexibility index (Phi) is 4.08. The van der Waals surface area contributed by atoms with E-state index in [1.165, 1.54) is 11.8 Å². The third-order valence-corrected chi connectivity index (χ3v) is 4.47. The summed E-state index contributed by atoms with van der Waals surface area (Å²) in [5, 5.41) is 0.748. The van der Waals surface area contributed by atoms with Crippen molar-refractivity contribution in [1.29, 1.82) is 0 Å². The Labute approximate surface area is 135 Å². The summed E-state index contributed by atoms with van der Waals surface area (Å²) >= 11 is 6.28. The highest BCUT2D eigenvalue weighted by Crippen LogP contribution is 2.25. The van der Waals surface area contributed by atoms with Gasteiger partial charge in [-0.05, 0) is 25.2 Å². The van der Waals surface area contributed by atoms with Gasteiger partial charge in [0.2, 0.25) is 0 Å². The van der Waals surface area contributed by atoms with Crippen LogP contribution in [0.1, 0.15) is 21.5 Å². The van der Waals surface area contributed by atoms with E-state index in [1.807, 2.05) is 31.2 Å². The Bertz CT molecular complexity index is 896. The van der Waals surface area contributed by atoms with Gasteiger partial charge in [0.1, 0.15) is 5.82 Å². The van der Waals surface area contributed by atoms with E-state index in [4.69, 9.17) is 12.2 Å². The average molecular weight is 331 g/mol. The molecular formula is C15H13N3O2S2. The number of thioether (sulfide) groups is 1. The summed E-state index contributed by atoms with van der Waals surface area (Å²) < 4.78 is 0.259. The molecule has 2 N–H and O–H groups in total. The number of nitrogens with one attached hydrogen (secondary N) is 2. The van der Waals surface area contributed by atoms with Gasteiger partial charge in [-0.2, -0.15) is 0 Å². The Morgan fingerprint density at radius 1 is 1.41 bits per heavy atom. The molecule has 1 aromatic heterocycles. The normalized spacial score (nSPS) is 12.9. The highest BCUT2D eigenvalue weighted by Gasteiger charge is 2.20. The maximum Gasteiger partial charge on any atom is 0.257 e. The number of H-pyrrole nitrogens is 2. The van der Waals surface area contributed by atoms with E-state index in [0.29, 0.717) is 29.1 Å². The molecule has 1 aliphatic rings. The number of hydrogen-bond acceptors (Lipinski definition) is 5. The Hall–Kier alpha value is -1.99. The number of aliphatic imine (C=N–C) groups is 1. The number of carbonyl (C=O) groups excluding carboxylic acids is 1. The second-order valence-electron chi connectivity index (χ2n) is 5.00. The number of aromatic amines is 2. The van der Waals surface area contributed by atoms with Gasteiger partial charge in [0, 0.05) is 12.0 Å². The predicted molar refractivity (Wildman–Crippen MR) is 91.0 cm³/mol. The van der Waals surface area contributed by atoms with E-state index in [1.54, 1.807) is 0 Å². The lowest BCUT2D eigenvalue weighted by molar-refractivity contribution is 0.102. The Balaban J connectivity index is 1.70. The first-order chi connectivity index (χ1) is 10.5. The molecule has 7 heteroatoms. The van der Waals surface area contributed by atoms with E-state index in [-0.39, 0.29) is 16.1 Å². The fraction of sp³-hybridized carbons (Fsp3) is 0.200. The van der Waals surface area contributed by atoms with E-state index in [9.17, 15) is 9.59 Å². The summed E-state index contributed by atoms with van der Waals surface area (Å²) in [4.78, 5) is 33.7. The molecule has 112 valence electrons. The van der Waals surface area contributed by atoms with Crippen molar-refractivity contribution in [2.75, 3.05) is 5.75 Å². The van der Waals surface area contributed by atoms with E-state index in [2.05, 4.69) is 15.0 Å². The molecule has 0 saturated carbocycles. The molecule has 2 aromatic rings. The van der Waals surface area contributed by atoms with Gasteiger partial charge in [-0.1, -0.05) is 23.8 Å². The number of aryl methyl sites for hydroxylation is 1. The summed E-state index contributed by atoms with van der Waals surface area (Å²) in [6.45, 7) is 1.95. The molecule has 0 bridgehead atoms. The van der Waals surface area contributed by atoms with Crippen molar-refractivity contribution < 1.29 is 4.79 Å². The van der Waals surface area contributed by atoms with Crippen molar-refractivity contribution in [2.45, 2.75) is 13.3 Å². The smallest absolute Gasteiger partial charge is 0.257 e. The van der Waals surface area contributed by atoms with Crippen LogP contribution in [-0.4, -0.2) is 26.5 Å². The Morgan fingerprint density at radius 3 is 3.00 bits per heavy atom. The van der Waals surface area contributed by atoms with Crippen molar-refractivity contribution in [2.24, 2.45) is 4.99 Å². The van der Waals surface area contributed by atoms with Gasteiger partial charge in [0.25, 0.3) is 5.56 Å². The maximum atomic E-state index is 12.2. The molecule has 2 heterocycles. The van der Waals surface area contributed by atoms with Crippen LogP contribution in [0, 0.1) is 11.7 Å². The first-order valence-electron chi connectivity index (χ1n) is 6.68. The zero-order chi connectivity index (χ0) is 15.7. The van der Waals surface area contributed by atoms with Crippen LogP contribution in [0.5, 0.6) is 0 Å². The molecule has 1 aliphatic heterocycles. The largest absolute Gasteiger partial charge is 0.317 e. The zero-order valence-corrected chi connectivity index (χ0v) is 13.4. The monoisotopic (exact) mass is 331 g/mol. The molecule has 0 amide bonds. The zero-order valence-electron chi connectivity index (χ0n) is 11.8. The SMILES string of the molecule is Cc1cccc(C(=O)CSC2=Nc3[nH]c(=S)[nH]c(=O)c3C2)c1. The van der Waals surface area contributed by atoms with E-state index >= 15 is 0 Å². The van der Waals surface area contributed by atoms with Gasteiger partial charge in [-0.3, -0.25) is 14.6 Å². The van der Waals surface area contributed by atoms with Crippen molar-refractivity contribution in [3.05, 3.63) is 56.1 Å². The quantitative estimate of drug-likeness (QED) is 0.669. The molecule has 3 rings (SSSR count). The molecule has 0 aliphatic carbocycles. The lowest BCUT2D eigenvalue weighted by Crippen LogP contribution is -2.13. The van der Waals surface area contributed by atoms with Crippen molar-refractivity contribution in [3.63, 3.8) is 0 Å². The van der Waals surface area contributed by atoms with Gasteiger partial charge in [-0.25, -0.2) is 4.99 Å². The van der Waals surface area contributed by atoms with Crippen molar-refractivity contribution >= 4 is 40.6 Å². The Morgan fingerprint density at radius 2 is 2.23 bits per heavy atom. The number of aromatic nitrogens is 2. The molecule has 0 radical (unpaired) electrons. The van der Waals surface area contributed by atoms with E-state index < -0.39 is 0 Å². The highest BCUT2D eigenvalue weighted by molar-refractivity contribution is 8.14. The summed E-state index contributed by atoms with van der Waals surface area (Å²) in [5.74, 6) is 0.850. The van der Waals surface area contributed by atoms with Crippen LogP contribution in [0.25, 0.3) is 0 Å². The van der Waals surface area contributed by atoms with Crippen LogP contribution in [0.3, 0.4) is 0 Å². The minimum absolute atomic E-state index is 0.0502. The van der Waals surface area contributed by atoms with Crippen molar-refractivity contribution in [3.8, 4) is 0 Å². The molecule has 5 nitrogen and oxygen atoms in total. The van der Waals surface area contributed by atoms with Gasteiger partial charge < -0.3 is 4.98 Å². The number of fused-ring (bicyclic) bond motifs is 1. The number of rotatable bonds is 3. The molecule has 1 aromatic carbocycles. The van der Waals surface area contributed by atoms with Gasteiger partial charge in [-0.15, -0.1) is 11.8 Å². The second-order valence-corrected chi connectivity index (χ2v) is 6.46. The summed E-state index contributed by atoms with van der Waals surface area (Å²) in [6.07, 6.45) is 0.433. The minimum Gasteiger partial charge on any atom is -0.317 e. The number of carbonyl (C=O) groups is 1. The first-order valence-corrected chi connectivity index (χ1v) is 8.08. The van der Waals surface area contributed by atoms with E-state index in [0.717, 1.165) is 10.6 Å². The fourth-order valence-corrected chi connectivity index (χ4v) is 3.27. The third kappa shape index (κ3) is 3.10. The van der Waals surface area contributed by atoms with Crippen LogP contribution >= 0.6 is 24.0 Å². The molecule has 0 spiro atoms. The predicted octanol–water partition coefficient (Wildman–Crippen LogP) is 2.94. The highest BCUT2D eigenvalue weighted by atomic mass is 32.2. The number of hydrogen-bond donors (Lipinski definition) is 2. The summed E-state index contributed by atoms with van der Waals surface area (Å²) in [7, 11) is 0. The van der Waals surface area contributed by atoms with Crippen molar-refractivity contribution in [1.82, 2.24) is 9.97 Å². The fourth-order valence-electron chi connectivity index (χ4n) is 2.21. The van der Waals surface area contributed by atoms with Crippen LogP contribution in [0.4, 0.5) is 5.82 Å². The second kappa shape index (κ2) is 6.02. The third-order valence-electron chi connectivity index (χ3n) is 3.29. The molecule has 0 atom stereocenters. The van der Waals surface area contributed by atoms with Crippen LogP contribution in [0.15, 0.2) is 34.1 Å². The van der Waals surface area contributed by atoms with Gasteiger partial charge >= 0.3 is 0 Å². The standard InChI is InChI=1S/C15H13N3O2S2/c1-8-3-2-4-9(5-8)11(19)7-22-12-6-10-13(16-12)17-15(21)18-14(10)20/h2-5H,6-7H2,1H3,(H2,17,18,20,21). The molecule has 0 saturated heterocycles. The number of Topliss-reactive ketones (excluding diaryl/α,β-unsaturated/α-hetero) is 1. The number of benzene rings is 1. The van der Waals surface area contributed by atoms with Crippen LogP contribution in [0.2, 0.25) is 0 Å². The molecule has 0 unspecified atom stereocenters. The lowest BCUT2D eigenvalue weighted by atomic mass is 10.1. The van der Waals surface area contributed by atoms with Gasteiger partial charge in [0.15, 0.2) is 10.6 Å². The first kappa shape index (κ1) is 14.9. The summed E-state index contributed by atoms with van der Waals surface area (Å²) in [5.41, 5.74) is 2.10. The van der Waals surface area contributed by atoms with Crippen LogP contribution < -0.4 is 5.56 Å².